The van der Waals surface area contributed by atoms with Crippen molar-refractivity contribution in [3.8, 4) is 17.6 Å². The van der Waals surface area contributed by atoms with E-state index in [1.165, 1.54) is 0 Å². The van der Waals surface area contributed by atoms with Crippen LogP contribution in [0.4, 0.5) is 0 Å². The van der Waals surface area contributed by atoms with Gasteiger partial charge in [-0.15, -0.1) is 0 Å². The molecule has 0 radical (unpaired) electrons. The molecule has 110 valence electrons. The van der Waals surface area contributed by atoms with Gasteiger partial charge in [0.15, 0.2) is 0 Å². The van der Waals surface area contributed by atoms with Gasteiger partial charge in [-0.3, -0.25) is 0 Å². The highest BCUT2D eigenvalue weighted by atomic mass is 16.5. The minimum absolute atomic E-state index is 0.0895. The smallest absolute Gasteiger partial charge is 0.129 e. The Morgan fingerprint density at radius 3 is 2.67 bits per heavy atom. The molecule has 1 N–H and O–H groups in total. The summed E-state index contributed by atoms with van der Waals surface area (Å²) in [5.74, 6) is 7.43. The molecule has 0 aliphatic rings. The van der Waals surface area contributed by atoms with Crippen LogP contribution in [0.15, 0.2) is 47.1 Å². The molecule has 0 fully saturated rings. The van der Waals surface area contributed by atoms with Crippen LogP contribution in [0.25, 0.3) is 0 Å². The normalized spacial score (nSPS) is 9.95. The van der Waals surface area contributed by atoms with Gasteiger partial charge in [0.05, 0.1) is 19.5 Å². The van der Waals surface area contributed by atoms with E-state index in [0.29, 0.717) is 26.2 Å². The molecular weight excluding hydrogens is 268 g/mol. The number of benzene rings is 1. The second-order valence-corrected chi connectivity index (χ2v) is 4.28. The van der Waals surface area contributed by atoms with Gasteiger partial charge in [0, 0.05) is 12.0 Å². The van der Waals surface area contributed by atoms with E-state index in [1.54, 1.807) is 6.26 Å². The van der Waals surface area contributed by atoms with Crippen LogP contribution in [0.5, 0.6) is 5.75 Å². The Morgan fingerprint density at radius 2 is 1.95 bits per heavy atom. The number of aliphatic hydroxyl groups is 1. The molecule has 0 saturated heterocycles. The van der Waals surface area contributed by atoms with Crippen molar-refractivity contribution in [2.24, 2.45) is 0 Å². The van der Waals surface area contributed by atoms with E-state index in [-0.39, 0.29) is 6.61 Å². The Hall–Kier alpha value is -2.22. The Bertz CT molecular complexity index is 561. The van der Waals surface area contributed by atoms with Gasteiger partial charge in [0.1, 0.15) is 24.7 Å². The molecule has 2 aromatic rings. The van der Waals surface area contributed by atoms with Crippen LogP contribution in [-0.4, -0.2) is 24.9 Å². The van der Waals surface area contributed by atoms with E-state index in [9.17, 15) is 0 Å². The zero-order chi connectivity index (χ0) is 14.8. The van der Waals surface area contributed by atoms with Gasteiger partial charge in [0.25, 0.3) is 0 Å². The molecule has 0 aliphatic heterocycles. The summed E-state index contributed by atoms with van der Waals surface area (Å²) in [7, 11) is 0. The molecule has 0 bridgehead atoms. The van der Waals surface area contributed by atoms with Crippen LogP contribution in [0, 0.1) is 11.8 Å². The third-order valence-corrected chi connectivity index (χ3v) is 2.64. The highest BCUT2D eigenvalue weighted by Gasteiger charge is 1.97. The molecule has 1 aromatic heterocycles. The SMILES string of the molecule is OCCC#Cc1ccc(OCCOCc2ccco2)cc1. The highest BCUT2D eigenvalue weighted by molar-refractivity contribution is 5.38. The molecule has 1 heterocycles. The minimum atomic E-state index is 0.0895. The first kappa shape index (κ1) is 15.2. The molecule has 0 unspecified atom stereocenters. The lowest BCUT2D eigenvalue weighted by Crippen LogP contribution is -2.06. The van der Waals surface area contributed by atoms with Crippen LogP contribution in [0.3, 0.4) is 0 Å². The molecule has 0 spiro atoms. The zero-order valence-corrected chi connectivity index (χ0v) is 11.7. The summed E-state index contributed by atoms with van der Waals surface area (Å²) in [5.41, 5.74) is 0.907. The standard InChI is InChI=1S/C17H18O4/c18-10-2-1-4-15-6-8-16(9-7-15)21-13-12-19-14-17-5-3-11-20-17/h3,5-9,11,18H,2,10,12-14H2. The van der Waals surface area contributed by atoms with Crippen LogP contribution in [0.2, 0.25) is 0 Å². The van der Waals surface area contributed by atoms with Crippen molar-refractivity contribution in [2.45, 2.75) is 13.0 Å². The van der Waals surface area contributed by atoms with E-state index in [4.69, 9.17) is 19.0 Å². The second-order valence-electron chi connectivity index (χ2n) is 4.28. The maximum Gasteiger partial charge on any atom is 0.129 e. The third-order valence-electron chi connectivity index (χ3n) is 2.64. The predicted octanol–water partition coefficient (Wildman–Crippen LogP) is 2.61. The van der Waals surface area contributed by atoms with Crippen LogP contribution < -0.4 is 4.74 Å². The maximum atomic E-state index is 8.65. The maximum absolute atomic E-state index is 8.65. The first-order valence-corrected chi connectivity index (χ1v) is 6.81. The second kappa shape index (κ2) is 8.85. The Morgan fingerprint density at radius 1 is 1.10 bits per heavy atom. The highest BCUT2D eigenvalue weighted by Crippen LogP contribution is 2.11. The van der Waals surface area contributed by atoms with Gasteiger partial charge >= 0.3 is 0 Å². The fraction of sp³-hybridized carbons (Fsp3) is 0.294. The molecule has 0 amide bonds. The molecular formula is C17H18O4. The topological polar surface area (TPSA) is 51.8 Å². The molecule has 0 saturated carbocycles. The number of ether oxygens (including phenoxy) is 2. The fourth-order valence-electron chi connectivity index (χ4n) is 1.64. The van der Waals surface area contributed by atoms with Crippen molar-refractivity contribution in [1.29, 1.82) is 0 Å². The van der Waals surface area contributed by atoms with Gasteiger partial charge in [-0.2, -0.15) is 0 Å². The Kier molecular flexibility index (Phi) is 6.40. The molecule has 1 aromatic carbocycles. The molecule has 0 atom stereocenters. The summed E-state index contributed by atoms with van der Waals surface area (Å²) in [5, 5.41) is 8.65. The largest absolute Gasteiger partial charge is 0.491 e. The van der Waals surface area contributed by atoms with Crippen molar-refractivity contribution in [1.82, 2.24) is 0 Å². The van der Waals surface area contributed by atoms with Crippen LogP contribution >= 0.6 is 0 Å². The zero-order valence-electron chi connectivity index (χ0n) is 11.7. The lowest BCUT2D eigenvalue weighted by molar-refractivity contribution is 0.0781. The van der Waals surface area contributed by atoms with Gasteiger partial charge in [-0.1, -0.05) is 11.8 Å². The van der Waals surface area contributed by atoms with E-state index in [1.807, 2.05) is 36.4 Å². The first-order valence-electron chi connectivity index (χ1n) is 6.81. The van der Waals surface area contributed by atoms with E-state index in [0.717, 1.165) is 17.1 Å². The van der Waals surface area contributed by atoms with Gasteiger partial charge in [0.2, 0.25) is 0 Å². The number of rotatable bonds is 7. The van der Waals surface area contributed by atoms with E-state index < -0.39 is 0 Å². The van der Waals surface area contributed by atoms with Gasteiger partial charge < -0.3 is 19.0 Å². The summed E-state index contributed by atoms with van der Waals surface area (Å²) in [6.07, 6.45) is 2.12. The van der Waals surface area contributed by atoms with Crippen molar-refractivity contribution < 1.29 is 19.0 Å². The van der Waals surface area contributed by atoms with Crippen LogP contribution in [0.1, 0.15) is 17.7 Å². The van der Waals surface area contributed by atoms with Crippen molar-refractivity contribution >= 4 is 0 Å². The molecule has 2 rings (SSSR count). The van der Waals surface area contributed by atoms with Crippen molar-refractivity contribution in [3.05, 3.63) is 54.0 Å². The Labute approximate surface area is 124 Å². The van der Waals surface area contributed by atoms with Crippen molar-refractivity contribution in [2.75, 3.05) is 19.8 Å². The number of aliphatic hydroxyl groups excluding tert-OH is 1. The summed E-state index contributed by atoms with van der Waals surface area (Å²) >= 11 is 0. The first-order chi connectivity index (χ1) is 10.4. The summed E-state index contributed by atoms with van der Waals surface area (Å²) in [4.78, 5) is 0. The summed E-state index contributed by atoms with van der Waals surface area (Å²) in [6.45, 7) is 1.52. The average molecular weight is 286 g/mol. The number of hydrogen-bond acceptors (Lipinski definition) is 4. The van der Waals surface area contributed by atoms with Gasteiger partial charge in [-0.25, -0.2) is 0 Å². The number of furan rings is 1. The molecule has 4 heteroatoms. The fourth-order valence-corrected chi connectivity index (χ4v) is 1.64. The van der Waals surface area contributed by atoms with E-state index >= 15 is 0 Å². The van der Waals surface area contributed by atoms with E-state index in [2.05, 4.69) is 11.8 Å². The monoisotopic (exact) mass is 286 g/mol. The van der Waals surface area contributed by atoms with Crippen LogP contribution in [-0.2, 0) is 11.3 Å². The predicted molar refractivity (Wildman–Crippen MR) is 78.9 cm³/mol. The summed E-state index contributed by atoms with van der Waals surface area (Å²) in [6, 6.07) is 11.2. The molecule has 4 nitrogen and oxygen atoms in total. The minimum Gasteiger partial charge on any atom is -0.491 e. The number of hydrogen-bond donors (Lipinski definition) is 1. The van der Waals surface area contributed by atoms with Crippen molar-refractivity contribution in [3.63, 3.8) is 0 Å². The quantitative estimate of drug-likeness (QED) is 0.628. The lowest BCUT2D eigenvalue weighted by atomic mass is 10.2. The Balaban J connectivity index is 1.65. The average Bonchev–Trinajstić information content (AvgIpc) is 3.02. The summed E-state index contributed by atoms with van der Waals surface area (Å²) < 4.78 is 16.1. The lowest BCUT2D eigenvalue weighted by Gasteiger charge is -2.06. The molecule has 0 aliphatic carbocycles. The molecule has 21 heavy (non-hydrogen) atoms. The third kappa shape index (κ3) is 5.74. The van der Waals surface area contributed by atoms with Gasteiger partial charge in [-0.05, 0) is 36.4 Å².